The van der Waals surface area contributed by atoms with Crippen LogP contribution in [0.3, 0.4) is 0 Å². The van der Waals surface area contributed by atoms with Gasteiger partial charge in [0, 0.05) is 6.20 Å². The molecule has 1 aromatic heterocycles. The molecule has 0 atom stereocenters. The van der Waals surface area contributed by atoms with E-state index >= 15 is 0 Å². The van der Waals surface area contributed by atoms with Gasteiger partial charge in [0.1, 0.15) is 0 Å². The number of pyridine rings is 1. The number of nitrogens with two attached hydrogens (primary N) is 1. The number of amides is 1. The van der Waals surface area contributed by atoms with Crippen LogP contribution in [0.1, 0.15) is 12.5 Å². The molecule has 1 heterocycles. The smallest absolute Gasteiger partial charge is 0.221 e. The van der Waals surface area contributed by atoms with Crippen molar-refractivity contribution in [1.29, 1.82) is 0 Å². The van der Waals surface area contributed by atoms with E-state index in [9.17, 15) is 4.79 Å². The summed E-state index contributed by atoms with van der Waals surface area (Å²) in [6.07, 6.45) is 1.97. The zero-order valence-corrected chi connectivity index (χ0v) is 8.30. The maximum Gasteiger partial charge on any atom is 0.221 e. The van der Waals surface area contributed by atoms with E-state index in [0.29, 0.717) is 0 Å². The number of carbonyl (C=O) groups excluding carboxylic acids is 1. The molecule has 0 saturated carbocycles. The lowest BCUT2D eigenvalue weighted by Crippen LogP contribution is -2.13. The van der Waals surface area contributed by atoms with Crippen LogP contribution in [-0.4, -0.2) is 16.6 Å². The lowest BCUT2D eigenvalue weighted by molar-refractivity contribution is -0.117. The van der Waals surface area contributed by atoms with Crippen molar-refractivity contribution >= 4 is 17.7 Å². The molecule has 4 heteroatoms. The zero-order valence-electron chi connectivity index (χ0n) is 7.49. The van der Waals surface area contributed by atoms with Gasteiger partial charge in [-0.05, 0) is 17.4 Å². The van der Waals surface area contributed by atoms with Gasteiger partial charge in [0.25, 0.3) is 0 Å². The Balaban J connectivity index is 2.64. The average Bonchev–Trinajstić information content (AvgIpc) is 2.08. The average molecular weight is 196 g/mol. The summed E-state index contributed by atoms with van der Waals surface area (Å²) in [5.41, 5.74) is 5.92. The van der Waals surface area contributed by atoms with Gasteiger partial charge < -0.3 is 5.73 Å². The molecule has 3 nitrogen and oxygen atoms in total. The molecule has 0 bridgehead atoms. The number of rotatable bonds is 4. The molecular weight excluding hydrogens is 184 g/mol. The van der Waals surface area contributed by atoms with Gasteiger partial charge in [-0.25, -0.2) is 4.98 Å². The Labute approximate surface area is 81.7 Å². The van der Waals surface area contributed by atoms with Crippen molar-refractivity contribution in [1.82, 2.24) is 4.98 Å². The van der Waals surface area contributed by atoms with Gasteiger partial charge in [-0.3, -0.25) is 4.79 Å². The van der Waals surface area contributed by atoms with Crippen LogP contribution in [-0.2, 0) is 11.2 Å². The summed E-state index contributed by atoms with van der Waals surface area (Å²) in [6.45, 7) is 2.07. The van der Waals surface area contributed by atoms with Crippen LogP contribution in [0.5, 0.6) is 0 Å². The van der Waals surface area contributed by atoms with Crippen molar-refractivity contribution in [3.8, 4) is 0 Å². The highest BCUT2D eigenvalue weighted by molar-refractivity contribution is 7.99. The van der Waals surface area contributed by atoms with Gasteiger partial charge in [0.2, 0.25) is 5.91 Å². The van der Waals surface area contributed by atoms with E-state index in [1.807, 2.05) is 12.1 Å². The van der Waals surface area contributed by atoms with Crippen LogP contribution in [0, 0.1) is 0 Å². The molecule has 0 aliphatic heterocycles. The van der Waals surface area contributed by atoms with E-state index in [0.717, 1.165) is 16.3 Å². The van der Waals surface area contributed by atoms with Crippen molar-refractivity contribution in [2.75, 3.05) is 5.75 Å². The van der Waals surface area contributed by atoms with Gasteiger partial charge in [-0.15, -0.1) is 11.8 Å². The Morgan fingerprint density at radius 3 is 2.85 bits per heavy atom. The van der Waals surface area contributed by atoms with E-state index in [-0.39, 0.29) is 12.3 Å². The molecule has 0 unspecified atom stereocenters. The Morgan fingerprint density at radius 2 is 2.38 bits per heavy atom. The summed E-state index contributed by atoms with van der Waals surface area (Å²) < 4.78 is 0. The quantitative estimate of drug-likeness (QED) is 0.737. The number of aromatic nitrogens is 1. The monoisotopic (exact) mass is 196 g/mol. The molecule has 0 aromatic carbocycles. The third-order valence-corrected chi connectivity index (χ3v) is 2.29. The first-order chi connectivity index (χ1) is 6.22. The summed E-state index contributed by atoms with van der Waals surface area (Å²) in [7, 11) is 0. The largest absolute Gasteiger partial charge is 0.369 e. The molecule has 1 rings (SSSR count). The lowest BCUT2D eigenvalue weighted by Gasteiger charge is -1.99. The van der Waals surface area contributed by atoms with E-state index in [2.05, 4.69) is 11.9 Å². The van der Waals surface area contributed by atoms with Gasteiger partial charge in [0.15, 0.2) is 0 Å². The Morgan fingerprint density at radius 1 is 1.62 bits per heavy atom. The van der Waals surface area contributed by atoms with Crippen molar-refractivity contribution in [3.63, 3.8) is 0 Å². The van der Waals surface area contributed by atoms with E-state index in [1.165, 1.54) is 0 Å². The van der Waals surface area contributed by atoms with Crippen LogP contribution < -0.4 is 5.73 Å². The molecule has 0 spiro atoms. The molecule has 0 aliphatic rings. The molecule has 1 amide bonds. The normalized spacial score (nSPS) is 9.92. The highest BCUT2D eigenvalue weighted by Crippen LogP contribution is 2.14. The summed E-state index contributed by atoms with van der Waals surface area (Å²) in [4.78, 5) is 14.7. The molecule has 0 fully saturated rings. The van der Waals surface area contributed by atoms with Gasteiger partial charge >= 0.3 is 0 Å². The Kier molecular flexibility index (Phi) is 3.76. The highest BCUT2D eigenvalue weighted by Gasteiger charge is 1.99. The number of hydrogen-bond donors (Lipinski definition) is 1. The van der Waals surface area contributed by atoms with E-state index in [1.54, 1.807) is 18.0 Å². The maximum absolute atomic E-state index is 10.6. The fourth-order valence-corrected chi connectivity index (χ4v) is 1.54. The fourth-order valence-electron chi connectivity index (χ4n) is 0.950. The molecule has 0 aliphatic carbocycles. The summed E-state index contributed by atoms with van der Waals surface area (Å²) >= 11 is 1.68. The third-order valence-electron chi connectivity index (χ3n) is 1.47. The Bertz CT molecular complexity index is 284. The molecule has 70 valence electrons. The number of primary amides is 1. The molecular formula is C9H12N2OS. The van der Waals surface area contributed by atoms with Gasteiger partial charge in [-0.2, -0.15) is 0 Å². The minimum Gasteiger partial charge on any atom is -0.369 e. The van der Waals surface area contributed by atoms with Crippen molar-refractivity contribution < 1.29 is 4.79 Å². The predicted octanol–water partition coefficient (Wildman–Crippen LogP) is 1.22. The fraction of sp³-hybridized carbons (Fsp3) is 0.333. The zero-order chi connectivity index (χ0) is 9.68. The summed E-state index contributed by atoms with van der Waals surface area (Å²) in [5.74, 6) is 0.681. The second-order valence-electron chi connectivity index (χ2n) is 2.58. The van der Waals surface area contributed by atoms with E-state index in [4.69, 9.17) is 5.73 Å². The second kappa shape index (κ2) is 4.87. The summed E-state index contributed by atoms with van der Waals surface area (Å²) in [5, 5.41) is 0.982. The minimum atomic E-state index is -0.322. The SMILES string of the molecule is CCSc1ccc(CC(N)=O)cn1. The highest BCUT2D eigenvalue weighted by atomic mass is 32.2. The van der Waals surface area contributed by atoms with Crippen LogP contribution in [0.25, 0.3) is 0 Å². The van der Waals surface area contributed by atoms with Crippen molar-refractivity contribution in [3.05, 3.63) is 23.9 Å². The molecule has 0 radical (unpaired) electrons. The van der Waals surface area contributed by atoms with Crippen molar-refractivity contribution in [2.24, 2.45) is 5.73 Å². The second-order valence-corrected chi connectivity index (χ2v) is 3.87. The standard InChI is InChI=1S/C9H12N2OS/c1-2-13-9-4-3-7(6-11-9)5-8(10)12/h3-4,6H,2,5H2,1H3,(H2,10,12). The number of hydrogen-bond acceptors (Lipinski definition) is 3. The van der Waals surface area contributed by atoms with Crippen LogP contribution in [0.15, 0.2) is 23.4 Å². The molecule has 0 saturated heterocycles. The van der Waals surface area contributed by atoms with E-state index < -0.39 is 0 Å². The third kappa shape index (κ3) is 3.46. The predicted molar refractivity (Wildman–Crippen MR) is 53.5 cm³/mol. The van der Waals surface area contributed by atoms with Crippen molar-refractivity contribution in [2.45, 2.75) is 18.4 Å². The number of carbonyl (C=O) groups is 1. The Hall–Kier alpha value is -1.03. The first kappa shape index (κ1) is 10.1. The topological polar surface area (TPSA) is 56.0 Å². The van der Waals surface area contributed by atoms with Gasteiger partial charge in [0.05, 0.1) is 11.4 Å². The summed E-state index contributed by atoms with van der Waals surface area (Å²) in [6, 6.07) is 3.79. The first-order valence-corrected chi connectivity index (χ1v) is 5.07. The molecule has 1 aromatic rings. The first-order valence-electron chi connectivity index (χ1n) is 4.08. The molecule has 2 N–H and O–H groups in total. The lowest BCUT2D eigenvalue weighted by atomic mass is 10.2. The number of nitrogens with zero attached hydrogens (tertiary/aromatic N) is 1. The minimum absolute atomic E-state index is 0.268. The maximum atomic E-state index is 10.6. The van der Waals surface area contributed by atoms with Crippen LogP contribution in [0.4, 0.5) is 0 Å². The van der Waals surface area contributed by atoms with Crippen LogP contribution >= 0.6 is 11.8 Å². The van der Waals surface area contributed by atoms with Crippen LogP contribution in [0.2, 0.25) is 0 Å². The van der Waals surface area contributed by atoms with Gasteiger partial charge in [-0.1, -0.05) is 13.0 Å². The molecule has 13 heavy (non-hydrogen) atoms. The number of thioether (sulfide) groups is 1.